The van der Waals surface area contributed by atoms with Gasteiger partial charge in [-0.05, 0) is 35.9 Å². The number of hydrazone groups is 1. The van der Waals surface area contributed by atoms with Crippen molar-refractivity contribution in [1.29, 1.82) is 0 Å². The summed E-state index contributed by atoms with van der Waals surface area (Å²) in [4.78, 5) is 2.08. The largest absolute Gasteiger partial charge is 0.416 e. The first-order chi connectivity index (χ1) is 12.6. The molecule has 3 rings (SSSR count). The van der Waals surface area contributed by atoms with Crippen LogP contribution in [0.2, 0.25) is 5.02 Å². The van der Waals surface area contributed by atoms with E-state index >= 15 is 0 Å². The van der Waals surface area contributed by atoms with E-state index in [-0.39, 0.29) is 16.1 Å². The third-order valence-electron chi connectivity index (χ3n) is 4.73. The summed E-state index contributed by atoms with van der Waals surface area (Å²) in [5, 5.41) is 4.19. The van der Waals surface area contributed by atoms with Gasteiger partial charge in [0.25, 0.3) is 0 Å². The molecule has 0 radical (unpaired) electrons. The topological polar surface area (TPSA) is 27.6 Å². The normalized spacial score (nSPS) is 17.6. The van der Waals surface area contributed by atoms with Crippen LogP contribution in [0.15, 0.2) is 59.3 Å². The number of nitrogens with zero attached hydrogens (tertiary/aromatic N) is 2. The molecule has 0 atom stereocenters. The minimum atomic E-state index is -4.44. The predicted octanol–water partition coefficient (Wildman–Crippen LogP) is 6.07. The number of anilines is 2. The fourth-order valence-corrected chi connectivity index (χ4v) is 3.46. The van der Waals surface area contributed by atoms with Crippen molar-refractivity contribution in [2.75, 3.05) is 17.4 Å². The second-order valence-corrected chi connectivity index (χ2v) is 7.24. The monoisotopic (exact) mass is 393 g/mol. The second-order valence-electron chi connectivity index (χ2n) is 6.84. The van der Waals surface area contributed by atoms with Crippen LogP contribution < -0.4 is 10.3 Å². The molecule has 27 heavy (non-hydrogen) atoms. The highest BCUT2D eigenvalue weighted by molar-refractivity contribution is 6.33. The van der Waals surface area contributed by atoms with E-state index in [0.717, 1.165) is 23.5 Å². The molecule has 0 bridgehead atoms. The molecule has 1 aliphatic rings. The Balaban J connectivity index is 1.81. The van der Waals surface area contributed by atoms with Gasteiger partial charge in [-0.15, -0.1) is 0 Å². The van der Waals surface area contributed by atoms with Crippen LogP contribution in [0.4, 0.5) is 24.5 Å². The highest BCUT2D eigenvalue weighted by Gasteiger charge is 2.37. The highest BCUT2D eigenvalue weighted by Crippen LogP contribution is 2.46. The Hall–Kier alpha value is -2.47. The predicted molar refractivity (Wildman–Crippen MR) is 105 cm³/mol. The molecule has 3 nitrogen and oxygen atoms in total. The summed E-state index contributed by atoms with van der Waals surface area (Å²) < 4.78 is 38.5. The number of hydrogen-bond donors (Lipinski definition) is 1. The quantitative estimate of drug-likeness (QED) is 0.506. The summed E-state index contributed by atoms with van der Waals surface area (Å²) >= 11 is 5.95. The lowest BCUT2D eigenvalue weighted by Crippen LogP contribution is -2.23. The van der Waals surface area contributed by atoms with E-state index in [1.54, 1.807) is 0 Å². The van der Waals surface area contributed by atoms with Crippen LogP contribution in [-0.2, 0) is 11.6 Å². The summed E-state index contributed by atoms with van der Waals surface area (Å²) in [6.45, 7) is 4.23. The van der Waals surface area contributed by atoms with Gasteiger partial charge in [0.05, 0.1) is 16.3 Å². The number of benzene rings is 2. The van der Waals surface area contributed by atoms with Gasteiger partial charge in [-0.2, -0.15) is 18.3 Å². The molecule has 2 aromatic carbocycles. The number of fused-ring (bicyclic) bond motifs is 1. The molecule has 0 unspecified atom stereocenters. The Labute approximate surface area is 161 Å². The molecule has 0 spiro atoms. The number of hydrogen-bond acceptors (Lipinski definition) is 3. The Morgan fingerprint density at radius 3 is 2.52 bits per heavy atom. The van der Waals surface area contributed by atoms with E-state index in [1.165, 1.54) is 17.8 Å². The summed E-state index contributed by atoms with van der Waals surface area (Å²) in [6, 6.07) is 11.2. The van der Waals surface area contributed by atoms with E-state index in [4.69, 9.17) is 11.6 Å². The fraction of sp³-hybridized carbons (Fsp3) is 0.250. The molecule has 0 aromatic heterocycles. The lowest BCUT2D eigenvalue weighted by Gasteiger charge is -2.23. The first-order valence-electron chi connectivity index (χ1n) is 8.32. The lowest BCUT2D eigenvalue weighted by molar-refractivity contribution is -0.137. The molecule has 0 fully saturated rings. The average Bonchev–Trinajstić information content (AvgIpc) is 2.79. The van der Waals surface area contributed by atoms with Crippen LogP contribution in [0.5, 0.6) is 0 Å². The Morgan fingerprint density at radius 1 is 1.15 bits per heavy atom. The number of allylic oxidation sites excluding steroid dienone is 2. The molecule has 0 saturated heterocycles. The minimum absolute atomic E-state index is 0.100. The van der Waals surface area contributed by atoms with Crippen LogP contribution in [-0.4, -0.2) is 13.3 Å². The molecule has 0 saturated carbocycles. The molecule has 1 aliphatic heterocycles. The smallest absolute Gasteiger partial charge is 0.347 e. The van der Waals surface area contributed by atoms with Gasteiger partial charge in [0, 0.05) is 30.1 Å². The molecular weight excluding hydrogens is 375 g/mol. The van der Waals surface area contributed by atoms with Gasteiger partial charge in [0.2, 0.25) is 0 Å². The van der Waals surface area contributed by atoms with Crippen LogP contribution in [0.1, 0.15) is 25.0 Å². The molecule has 2 aromatic rings. The van der Waals surface area contributed by atoms with Crippen molar-refractivity contribution in [2.24, 2.45) is 5.10 Å². The third-order valence-corrected chi connectivity index (χ3v) is 5.06. The molecule has 1 N–H and O–H groups in total. The summed E-state index contributed by atoms with van der Waals surface area (Å²) in [7, 11) is 1.98. The molecular formula is C20H19ClF3N3. The summed E-state index contributed by atoms with van der Waals surface area (Å²) in [5.74, 6) is 0. The van der Waals surface area contributed by atoms with Crippen LogP contribution in [0.25, 0.3) is 0 Å². The van der Waals surface area contributed by atoms with Crippen molar-refractivity contribution in [3.05, 3.63) is 70.4 Å². The van der Waals surface area contributed by atoms with E-state index in [1.807, 2.05) is 25.3 Å². The van der Waals surface area contributed by atoms with Crippen molar-refractivity contribution in [1.82, 2.24) is 0 Å². The van der Waals surface area contributed by atoms with E-state index in [2.05, 4.69) is 41.4 Å². The average molecular weight is 394 g/mol. The fourth-order valence-electron chi connectivity index (χ4n) is 3.30. The zero-order chi connectivity index (χ0) is 19.8. The minimum Gasteiger partial charge on any atom is -0.347 e. The first-order valence-corrected chi connectivity index (χ1v) is 8.70. The van der Waals surface area contributed by atoms with E-state index in [0.29, 0.717) is 0 Å². The zero-order valence-electron chi connectivity index (χ0n) is 15.1. The zero-order valence-corrected chi connectivity index (χ0v) is 15.9. The van der Waals surface area contributed by atoms with Crippen molar-refractivity contribution >= 4 is 29.2 Å². The van der Waals surface area contributed by atoms with E-state index in [9.17, 15) is 13.2 Å². The second kappa shape index (κ2) is 6.93. The van der Waals surface area contributed by atoms with Gasteiger partial charge in [-0.25, -0.2) is 0 Å². The third kappa shape index (κ3) is 3.67. The van der Waals surface area contributed by atoms with Crippen molar-refractivity contribution < 1.29 is 13.2 Å². The van der Waals surface area contributed by atoms with Gasteiger partial charge < -0.3 is 4.90 Å². The number of alkyl halides is 3. The molecule has 1 heterocycles. The number of nitrogens with one attached hydrogen (secondary N) is 1. The van der Waals surface area contributed by atoms with Crippen LogP contribution in [0, 0.1) is 0 Å². The maximum atomic E-state index is 12.8. The number of para-hydroxylation sites is 1. The van der Waals surface area contributed by atoms with E-state index < -0.39 is 11.7 Å². The molecule has 7 heteroatoms. The number of halogens is 4. The van der Waals surface area contributed by atoms with Crippen molar-refractivity contribution in [3.8, 4) is 0 Å². The number of likely N-dealkylation sites (N-methyl/N-ethyl adjacent to an activating group) is 1. The van der Waals surface area contributed by atoms with Crippen molar-refractivity contribution in [2.45, 2.75) is 25.4 Å². The molecule has 0 aliphatic carbocycles. The number of rotatable bonds is 3. The highest BCUT2D eigenvalue weighted by atomic mass is 35.5. The standard InChI is InChI=1S/C20H19ClF3N3/c1-19(2)14-6-4-5-7-17(14)27(3)18(19)10-11-25-26-16-12-13(20(22,23)24)8-9-15(16)21/h4-12,26H,1-3H3/b18-10-,25-11-. The van der Waals surface area contributed by atoms with Crippen molar-refractivity contribution in [3.63, 3.8) is 0 Å². The Bertz CT molecular complexity index is 917. The van der Waals surface area contributed by atoms with Gasteiger partial charge in [-0.1, -0.05) is 43.6 Å². The first kappa shape index (κ1) is 19.3. The maximum absolute atomic E-state index is 12.8. The van der Waals surface area contributed by atoms with Gasteiger partial charge in [0.15, 0.2) is 0 Å². The van der Waals surface area contributed by atoms with Gasteiger partial charge in [-0.3, -0.25) is 5.43 Å². The summed E-state index contributed by atoms with van der Waals surface area (Å²) in [6.07, 6.45) is -1.07. The van der Waals surface area contributed by atoms with Crippen LogP contribution >= 0.6 is 11.6 Å². The molecule has 142 valence electrons. The van der Waals surface area contributed by atoms with Crippen LogP contribution in [0.3, 0.4) is 0 Å². The Kier molecular flexibility index (Phi) is 4.95. The Morgan fingerprint density at radius 2 is 1.85 bits per heavy atom. The SMILES string of the molecule is CN1/C(=C\C=N/Nc2cc(C(F)(F)F)ccc2Cl)C(C)(C)c2ccccc21. The van der Waals surface area contributed by atoms with Gasteiger partial charge in [0.1, 0.15) is 0 Å². The molecule has 0 amide bonds. The maximum Gasteiger partial charge on any atom is 0.416 e. The van der Waals surface area contributed by atoms with Gasteiger partial charge >= 0.3 is 6.18 Å². The lowest BCUT2D eigenvalue weighted by atomic mass is 9.84. The summed E-state index contributed by atoms with van der Waals surface area (Å²) in [5.41, 5.74) is 5.06.